The van der Waals surface area contributed by atoms with Gasteiger partial charge in [0, 0.05) is 69.8 Å². The van der Waals surface area contributed by atoms with E-state index in [1.807, 2.05) is 22.7 Å². The lowest BCUT2D eigenvalue weighted by atomic mass is 9.91. The summed E-state index contributed by atoms with van der Waals surface area (Å²) >= 11 is 3.72. The molecule has 3 nitrogen and oxygen atoms in total. The fourth-order valence-corrected chi connectivity index (χ4v) is 12.8. The number of nitrogens with zero attached hydrogens (tertiary/aromatic N) is 2. The van der Waals surface area contributed by atoms with Crippen LogP contribution in [0.4, 0.5) is 34.1 Å². The summed E-state index contributed by atoms with van der Waals surface area (Å²) < 4.78 is 12.3. The van der Waals surface area contributed by atoms with Crippen molar-refractivity contribution in [3.63, 3.8) is 0 Å². The lowest BCUT2D eigenvalue weighted by Crippen LogP contribution is -2.12. The molecule has 2 aromatic heterocycles. The summed E-state index contributed by atoms with van der Waals surface area (Å²) in [6.45, 7) is 0. The molecule has 14 rings (SSSR count). The molecule has 0 atom stereocenters. The van der Waals surface area contributed by atoms with Crippen LogP contribution in [-0.2, 0) is 0 Å². The molecule has 3 heterocycles. The molecule has 0 saturated carbocycles. The van der Waals surface area contributed by atoms with E-state index in [4.69, 9.17) is 4.74 Å². The summed E-state index contributed by atoms with van der Waals surface area (Å²) in [6.07, 6.45) is 0. The van der Waals surface area contributed by atoms with E-state index in [2.05, 4.69) is 228 Å². The first kappa shape index (κ1) is 36.5. The number of ether oxygens (including phenoxy) is 1. The van der Waals surface area contributed by atoms with Crippen LogP contribution >= 0.6 is 22.7 Å². The fourth-order valence-electron chi connectivity index (χ4n) is 10.4. The van der Waals surface area contributed by atoms with Crippen LogP contribution in [0.15, 0.2) is 218 Å². The van der Waals surface area contributed by atoms with Gasteiger partial charge in [0.2, 0.25) is 0 Å². The Morgan fingerprint density at radius 3 is 1.57 bits per heavy atom. The van der Waals surface area contributed by atoms with Crippen molar-refractivity contribution in [1.29, 1.82) is 0 Å². The van der Waals surface area contributed by atoms with Gasteiger partial charge in [0.25, 0.3) is 0 Å². The molecule has 0 radical (unpaired) electrons. The van der Waals surface area contributed by atoms with Crippen LogP contribution in [0.1, 0.15) is 0 Å². The monoisotopic (exact) mass is 864 g/mol. The van der Waals surface area contributed by atoms with Crippen molar-refractivity contribution in [2.45, 2.75) is 0 Å². The average molecular weight is 865 g/mol. The second-order valence-corrected chi connectivity index (χ2v) is 18.9. The van der Waals surface area contributed by atoms with Crippen LogP contribution in [0, 0.1) is 0 Å². The highest BCUT2D eigenvalue weighted by Crippen LogP contribution is 2.55. The van der Waals surface area contributed by atoms with E-state index in [0.717, 1.165) is 72.7 Å². The minimum atomic E-state index is 0.858. The summed E-state index contributed by atoms with van der Waals surface area (Å²) in [5, 5.41) is 12.0. The number of benzene rings is 11. The Balaban J connectivity index is 1.02. The van der Waals surface area contributed by atoms with E-state index >= 15 is 0 Å². The van der Waals surface area contributed by atoms with Gasteiger partial charge in [-0.15, -0.1) is 22.7 Å². The Morgan fingerprint density at radius 1 is 0.323 bits per heavy atom. The molecule has 0 unspecified atom stereocenters. The predicted molar refractivity (Wildman–Crippen MR) is 280 cm³/mol. The van der Waals surface area contributed by atoms with Gasteiger partial charge >= 0.3 is 0 Å². The molecule has 304 valence electrons. The normalized spacial score (nSPS) is 12.1. The summed E-state index contributed by atoms with van der Waals surface area (Å²) in [5.41, 5.74) is 9.00. The first-order chi connectivity index (χ1) is 32.2. The fraction of sp³-hybridized carbons (Fsp3) is 0. The van der Waals surface area contributed by atoms with E-state index in [0.29, 0.717) is 0 Å². The topological polar surface area (TPSA) is 15.7 Å². The van der Waals surface area contributed by atoms with E-state index in [9.17, 15) is 0 Å². The van der Waals surface area contributed by atoms with Gasteiger partial charge in [-0.2, -0.15) is 0 Å². The van der Waals surface area contributed by atoms with Gasteiger partial charge in [-0.25, -0.2) is 0 Å². The molecular formula is C60H36N2OS2. The zero-order valence-corrected chi connectivity index (χ0v) is 36.5. The lowest BCUT2D eigenvalue weighted by molar-refractivity contribution is 0.493. The maximum Gasteiger partial charge on any atom is 0.138 e. The molecule has 11 aromatic carbocycles. The lowest BCUT2D eigenvalue weighted by Gasteiger charge is -2.31. The second kappa shape index (κ2) is 14.3. The minimum absolute atomic E-state index is 0.858. The van der Waals surface area contributed by atoms with Gasteiger partial charge in [0.1, 0.15) is 11.5 Å². The molecule has 5 heteroatoms. The molecule has 13 aromatic rings. The van der Waals surface area contributed by atoms with Gasteiger partial charge in [-0.1, -0.05) is 152 Å². The molecule has 0 saturated heterocycles. The zero-order valence-electron chi connectivity index (χ0n) is 34.9. The predicted octanol–water partition coefficient (Wildman–Crippen LogP) is 18.6. The van der Waals surface area contributed by atoms with Gasteiger partial charge in [-0.05, 0) is 77.0 Å². The first-order valence-electron chi connectivity index (χ1n) is 22.0. The van der Waals surface area contributed by atoms with Crippen molar-refractivity contribution in [3.8, 4) is 22.6 Å². The second-order valence-electron chi connectivity index (χ2n) is 16.8. The third kappa shape index (κ3) is 5.53. The van der Waals surface area contributed by atoms with Crippen LogP contribution in [0.25, 0.3) is 83.8 Å². The molecule has 65 heavy (non-hydrogen) atoms. The highest BCUT2D eigenvalue weighted by molar-refractivity contribution is 7.26. The molecule has 1 aliphatic heterocycles. The zero-order chi connectivity index (χ0) is 42.6. The maximum absolute atomic E-state index is 7.21. The van der Waals surface area contributed by atoms with Crippen LogP contribution < -0.4 is 14.5 Å². The molecule has 0 spiro atoms. The largest absolute Gasteiger partial charge is 0.456 e. The van der Waals surface area contributed by atoms with Gasteiger partial charge < -0.3 is 14.5 Å². The van der Waals surface area contributed by atoms with Crippen molar-refractivity contribution in [3.05, 3.63) is 218 Å². The molecule has 0 fully saturated rings. The minimum Gasteiger partial charge on any atom is -0.456 e. The number of hydrogen-bond donors (Lipinski definition) is 0. The SMILES string of the molecule is c1ccc(-c2ccccc2N(c2cc3c4c(ccc5cc(N(c6ccccc6)c6cccc7c6sc6ccccc67)c6cccc(c6c54)O3)c2)c2cccc3c2sc2ccccc23)cc1. The molecule has 0 amide bonds. The van der Waals surface area contributed by atoms with Gasteiger partial charge in [-0.3, -0.25) is 0 Å². The standard InChI is InChI=1S/C60H36N2OS2/c1-3-16-37(17-4-1)42-20-7-10-26-48(42)62(50-28-14-24-46-44-22-9-12-31-55(44)65-60(46)50)41-34-38-32-33-39-35-51(47-25-15-29-52-58(47)57(39)56(38)53(36-41)63-52)61(40-18-5-2-6-19-40)49-27-13-23-45-43-21-8-11-30-54(43)64-59(45)49/h1-36H. The Labute approximate surface area is 382 Å². The van der Waals surface area contributed by atoms with Gasteiger partial charge in [0.15, 0.2) is 0 Å². The van der Waals surface area contributed by atoms with Crippen LogP contribution in [-0.4, -0.2) is 0 Å². The van der Waals surface area contributed by atoms with Crippen molar-refractivity contribution >= 4 is 129 Å². The molecule has 0 aliphatic carbocycles. The maximum atomic E-state index is 7.21. The number of para-hydroxylation sites is 2. The number of hydrogen-bond acceptors (Lipinski definition) is 5. The third-order valence-electron chi connectivity index (χ3n) is 13.2. The van der Waals surface area contributed by atoms with Crippen LogP contribution in [0.3, 0.4) is 0 Å². The Kier molecular flexibility index (Phi) is 8.02. The quantitative estimate of drug-likeness (QED) is 0.148. The third-order valence-corrected chi connectivity index (χ3v) is 15.6. The molecule has 0 N–H and O–H groups in total. The number of fused-ring (bicyclic) bond motifs is 6. The Morgan fingerprint density at radius 2 is 0.862 bits per heavy atom. The van der Waals surface area contributed by atoms with Crippen molar-refractivity contribution in [2.75, 3.05) is 9.80 Å². The smallest absolute Gasteiger partial charge is 0.138 e. The summed E-state index contributed by atoms with van der Waals surface area (Å²) in [7, 11) is 0. The molecule has 0 bridgehead atoms. The van der Waals surface area contributed by atoms with Crippen LogP contribution in [0.2, 0.25) is 0 Å². The average Bonchev–Trinajstić information content (AvgIpc) is 3.95. The Hall–Kier alpha value is -7.96. The van der Waals surface area contributed by atoms with Crippen molar-refractivity contribution in [1.82, 2.24) is 0 Å². The van der Waals surface area contributed by atoms with E-state index in [-0.39, 0.29) is 0 Å². The first-order valence-corrected chi connectivity index (χ1v) is 23.6. The van der Waals surface area contributed by atoms with E-state index < -0.39 is 0 Å². The molecule has 1 aliphatic rings. The molecular weight excluding hydrogens is 829 g/mol. The highest BCUT2D eigenvalue weighted by atomic mass is 32.1. The summed E-state index contributed by atoms with van der Waals surface area (Å²) in [5.74, 6) is 1.72. The van der Waals surface area contributed by atoms with Gasteiger partial charge in [0.05, 0.1) is 37.8 Å². The summed E-state index contributed by atoms with van der Waals surface area (Å²) in [4.78, 5) is 4.91. The van der Waals surface area contributed by atoms with Crippen molar-refractivity contribution in [2.24, 2.45) is 0 Å². The van der Waals surface area contributed by atoms with Crippen LogP contribution in [0.5, 0.6) is 11.5 Å². The summed E-state index contributed by atoms with van der Waals surface area (Å²) in [6, 6.07) is 79.5. The van der Waals surface area contributed by atoms with E-state index in [1.54, 1.807) is 0 Å². The Bertz CT molecular complexity index is 4060. The van der Waals surface area contributed by atoms with E-state index in [1.165, 1.54) is 56.7 Å². The highest BCUT2D eigenvalue weighted by Gasteiger charge is 2.28. The number of anilines is 6. The van der Waals surface area contributed by atoms with Crippen molar-refractivity contribution < 1.29 is 4.74 Å². The number of thiophene rings is 2. The number of rotatable bonds is 7.